The van der Waals surface area contributed by atoms with Crippen LogP contribution in [0.1, 0.15) is 29.0 Å². The van der Waals surface area contributed by atoms with Crippen LogP contribution in [0.2, 0.25) is 0 Å². The van der Waals surface area contributed by atoms with Gasteiger partial charge in [0, 0.05) is 43.2 Å². The SMILES string of the molecule is S=C1NC(c2ccccn2)C(c2cccn2-c2cccnc2)N1Cc1cccnc1. The van der Waals surface area contributed by atoms with E-state index in [1.165, 1.54) is 0 Å². The van der Waals surface area contributed by atoms with Crippen molar-refractivity contribution in [3.8, 4) is 5.69 Å². The Bertz CT molecular complexity index is 1130. The van der Waals surface area contributed by atoms with Crippen LogP contribution in [0.25, 0.3) is 5.69 Å². The maximum absolute atomic E-state index is 5.77. The summed E-state index contributed by atoms with van der Waals surface area (Å²) in [6.07, 6.45) is 11.2. The molecule has 5 heterocycles. The van der Waals surface area contributed by atoms with Crippen LogP contribution >= 0.6 is 12.2 Å². The Labute approximate surface area is 180 Å². The molecule has 30 heavy (non-hydrogen) atoms. The molecule has 6 nitrogen and oxygen atoms in total. The van der Waals surface area contributed by atoms with E-state index in [0.29, 0.717) is 11.7 Å². The minimum Gasteiger partial charge on any atom is -0.352 e. The van der Waals surface area contributed by atoms with Gasteiger partial charge in [0.05, 0.1) is 29.7 Å². The molecule has 1 saturated heterocycles. The van der Waals surface area contributed by atoms with Gasteiger partial charge in [0.15, 0.2) is 5.11 Å². The largest absolute Gasteiger partial charge is 0.352 e. The van der Waals surface area contributed by atoms with Crippen LogP contribution in [-0.2, 0) is 6.54 Å². The number of thiocarbonyl (C=S) groups is 1. The summed E-state index contributed by atoms with van der Waals surface area (Å²) in [6, 6.07) is 18.1. The molecule has 5 rings (SSSR count). The zero-order chi connectivity index (χ0) is 20.3. The van der Waals surface area contributed by atoms with Crippen molar-refractivity contribution in [1.29, 1.82) is 0 Å². The number of hydrogen-bond acceptors (Lipinski definition) is 4. The highest BCUT2D eigenvalue weighted by Gasteiger charge is 2.41. The van der Waals surface area contributed by atoms with Crippen molar-refractivity contribution in [3.05, 3.63) is 109 Å². The van der Waals surface area contributed by atoms with Crippen LogP contribution in [-0.4, -0.2) is 29.5 Å². The summed E-state index contributed by atoms with van der Waals surface area (Å²) in [7, 11) is 0. The number of hydrogen-bond donors (Lipinski definition) is 1. The van der Waals surface area contributed by atoms with Gasteiger partial charge in [0.2, 0.25) is 0 Å². The Hall–Kier alpha value is -3.58. The third-order valence-corrected chi connectivity index (χ3v) is 5.63. The number of aromatic nitrogens is 4. The Balaban J connectivity index is 1.60. The summed E-state index contributed by atoms with van der Waals surface area (Å²) in [5.74, 6) is 0. The first kappa shape index (κ1) is 18.4. The molecule has 0 bridgehead atoms. The quantitative estimate of drug-likeness (QED) is 0.503. The minimum atomic E-state index is -0.0688. The second-order valence-electron chi connectivity index (χ2n) is 7.13. The molecule has 1 N–H and O–H groups in total. The van der Waals surface area contributed by atoms with Crippen LogP contribution in [0.3, 0.4) is 0 Å². The van der Waals surface area contributed by atoms with E-state index in [4.69, 9.17) is 12.2 Å². The standard InChI is InChI=1S/C23H20N6S/c30-23-27-21(19-8-1-2-12-26-19)22(29(23)16-17-6-3-10-24-14-17)20-9-5-13-28(20)18-7-4-11-25-15-18/h1-15,21-22H,16H2,(H,27,30). The lowest BCUT2D eigenvalue weighted by Gasteiger charge is -2.29. The average Bonchev–Trinajstić information content (AvgIpc) is 3.40. The monoisotopic (exact) mass is 412 g/mol. The third kappa shape index (κ3) is 3.44. The van der Waals surface area contributed by atoms with E-state index < -0.39 is 0 Å². The van der Waals surface area contributed by atoms with Crippen molar-refractivity contribution in [1.82, 2.24) is 29.7 Å². The molecule has 2 atom stereocenters. The van der Waals surface area contributed by atoms with Crippen molar-refractivity contribution in [2.45, 2.75) is 18.6 Å². The van der Waals surface area contributed by atoms with E-state index in [1.54, 1.807) is 12.4 Å². The van der Waals surface area contributed by atoms with E-state index in [9.17, 15) is 0 Å². The molecular formula is C23H20N6S. The lowest BCUT2D eigenvalue weighted by atomic mass is 10.0. The number of nitrogens with zero attached hydrogens (tertiary/aromatic N) is 5. The molecule has 4 aromatic heterocycles. The molecule has 4 aromatic rings. The van der Waals surface area contributed by atoms with Gasteiger partial charge in [-0.1, -0.05) is 12.1 Å². The third-order valence-electron chi connectivity index (χ3n) is 5.28. The zero-order valence-electron chi connectivity index (χ0n) is 16.2. The highest BCUT2D eigenvalue weighted by atomic mass is 32.1. The van der Waals surface area contributed by atoms with E-state index in [1.807, 2.05) is 48.9 Å². The second kappa shape index (κ2) is 8.04. The zero-order valence-corrected chi connectivity index (χ0v) is 17.0. The second-order valence-corrected chi connectivity index (χ2v) is 7.52. The van der Waals surface area contributed by atoms with Gasteiger partial charge in [-0.2, -0.15) is 0 Å². The summed E-state index contributed by atoms with van der Waals surface area (Å²) < 4.78 is 2.17. The normalized spacial score (nSPS) is 18.4. The predicted molar refractivity (Wildman–Crippen MR) is 119 cm³/mol. The first-order chi connectivity index (χ1) is 14.8. The van der Waals surface area contributed by atoms with Crippen LogP contribution in [0.4, 0.5) is 0 Å². The molecule has 0 radical (unpaired) electrons. The van der Waals surface area contributed by atoms with Gasteiger partial charge in [-0.15, -0.1) is 0 Å². The number of nitrogens with one attached hydrogen (secondary N) is 1. The van der Waals surface area contributed by atoms with Crippen LogP contribution in [0.5, 0.6) is 0 Å². The fourth-order valence-electron chi connectivity index (χ4n) is 3.95. The molecule has 0 aromatic carbocycles. The van der Waals surface area contributed by atoms with Crippen molar-refractivity contribution in [2.75, 3.05) is 0 Å². The molecule has 0 aliphatic carbocycles. The summed E-state index contributed by atoms with van der Waals surface area (Å²) in [6.45, 7) is 0.659. The van der Waals surface area contributed by atoms with Crippen molar-refractivity contribution >= 4 is 17.3 Å². The minimum absolute atomic E-state index is 0.0391. The van der Waals surface area contributed by atoms with Gasteiger partial charge < -0.3 is 14.8 Å². The molecule has 1 aliphatic heterocycles. The maximum Gasteiger partial charge on any atom is 0.170 e. The average molecular weight is 413 g/mol. The van der Waals surface area contributed by atoms with Gasteiger partial charge >= 0.3 is 0 Å². The van der Waals surface area contributed by atoms with Crippen molar-refractivity contribution in [3.63, 3.8) is 0 Å². The number of rotatable bonds is 5. The van der Waals surface area contributed by atoms with E-state index >= 15 is 0 Å². The van der Waals surface area contributed by atoms with Crippen LogP contribution in [0, 0.1) is 0 Å². The van der Waals surface area contributed by atoms with Crippen LogP contribution in [0.15, 0.2) is 91.8 Å². The molecule has 7 heteroatoms. The van der Waals surface area contributed by atoms with E-state index in [2.05, 4.69) is 60.2 Å². The molecule has 1 aliphatic rings. The Morgan fingerprint density at radius 1 is 0.900 bits per heavy atom. The summed E-state index contributed by atoms with van der Waals surface area (Å²) in [4.78, 5) is 15.4. The smallest absolute Gasteiger partial charge is 0.170 e. The lowest BCUT2D eigenvalue weighted by molar-refractivity contribution is 0.302. The van der Waals surface area contributed by atoms with Gasteiger partial charge in [-0.05, 0) is 60.2 Å². The highest BCUT2D eigenvalue weighted by Crippen LogP contribution is 2.40. The molecule has 0 saturated carbocycles. The van der Waals surface area contributed by atoms with Crippen molar-refractivity contribution < 1.29 is 0 Å². The Morgan fingerprint density at radius 2 is 1.77 bits per heavy atom. The molecule has 0 spiro atoms. The Morgan fingerprint density at radius 3 is 2.50 bits per heavy atom. The highest BCUT2D eigenvalue weighted by molar-refractivity contribution is 7.80. The fourth-order valence-corrected chi connectivity index (χ4v) is 4.26. The fraction of sp³-hybridized carbons (Fsp3) is 0.130. The lowest BCUT2D eigenvalue weighted by Crippen LogP contribution is -2.30. The molecule has 1 fully saturated rings. The molecular weight excluding hydrogens is 392 g/mol. The summed E-state index contributed by atoms with van der Waals surface area (Å²) >= 11 is 5.77. The van der Waals surface area contributed by atoms with Gasteiger partial charge in [0.25, 0.3) is 0 Å². The molecule has 148 valence electrons. The van der Waals surface area contributed by atoms with Crippen LogP contribution < -0.4 is 5.32 Å². The van der Waals surface area contributed by atoms with E-state index in [-0.39, 0.29) is 12.1 Å². The van der Waals surface area contributed by atoms with Gasteiger partial charge in [0.1, 0.15) is 0 Å². The first-order valence-electron chi connectivity index (χ1n) is 9.76. The van der Waals surface area contributed by atoms with Crippen molar-refractivity contribution in [2.24, 2.45) is 0 Å². The Kier molecular flexibility index (Phi) is 4.94. The van der Waals surface area contributed by atoms with Gasteiger partial charge in [-0.3, -0.25) is 15.0 Å². The summed E-state index contributed by atoms with van der Waals surface area (Å²) in [5, 5.41) is 4.21. The van der Waals surface area contributed by atoms with Gasteiger partial charge in [-0.25, -0.2) is 0 Å². The maximum atomic E-state index is 5.77. The summed E-state index contributed by atoms with van der Waals surface area (Å²) in [5.41, 5.74) is 4.19. The topological polar surface area (TPSA) is 58.9 Å². The first-order valence-corrected chi connectivity index (χ1v) is 10.2. The number of pyridine rings is 3. The van der Waals surface area contributed by atoms with E-state index in [0.717, 1.165) is 22.6 Å². The molecule has 0 amide bonds. The molecule has 2 unspecified atom stereocenters. The predicted octanol–water partition coefficient (Wildman–Crippen LogP) is 3.84.